The number of hydrogen-bond donors (Lipinski definition) is 3. The second-order valence-electron chi connectivity index (χ2n) is 5.09. The number of carbonyl (C=O) groups is 2. The number of halogens is 3. The lowest BCUT2D eigenvalue weighted by Crippen LogP contribution is -2.49. The summed E-state index contributed by atoms with van der Waals surface area (Å²) in [6.07, 6.45) is -5.99. The molecular formula is C13H11F3N2O3. The largest absolute Gasteiger partial charge is 0.422 e. The summed E-state index contributed by atoms with van der Waals surface area (Å²) in [6.45, 7) is 0.185. The first kappa shape index (κ1) is 13.9. The molecule has 1 atom stereocenters. The van der Waals surface area contributed by atoms with Crippen molar-refractivity contribution in [2.75, 3.05) is 17.2 Å². The summed E-state index contributed by atoms with van der Waals surface area (Å²) in [5.74, 6) is -1.22. The van der Waals surface area contributed by atoms with E-state index >= 15 is 0 Å². The second-order valence-corrected chi connectivity index (χ2v) is 5.09. The molecule has 3 rings (SSSR count). The van der Waals surface area contributed by atoms with Gasteiger partial charge in [0.15, 0.2) is 11.4 Å². The molecule has 0 saturated carbocycles. The van der Waals surface area contributed by atoms with Crippen molar-refractivity contribution in [3.63, 3.8) is 0 Å². The van der Waals surface area contributed by atoms with Gasteiger partial charge in [-0.15, -0.1) is 0 Å². The number of alkyl halides is 3. The van der Waals surface area contributed by atoms with Crippen LogP contribution in [0.5, 0.6) is 0 Å². The molecule has 0 aromatic heterocycles. The van der Waals surface area contributed by atoms with Crippen LogP contribution in [0.1, 0.15) is 28.8 Å². The number of hydrogen-bond acceptors (Lipinski definition) is 4. The fourth-order valence-electron chi connectivity index (χ4n) is 2.75. The molecule has 0 aliphatic carbocycles. The molecule has 1 amide bonds. The molecule has 0 saturated heterocycles. The zero-order chi connectivity index (χ0) is 15.4. The van der Waals surface area contributed by atoms with Crippen LogP contribution in [0.15, 0.2) is 12.1 Å². The normalized spacial score (nSPS) is 24.8. The quantitative estimate of drug-likeness (QED) is 0.682. The van der Waals surface area contributed by atoms with Crippen molar-refractivity contribution >= 4 is 23.1 Å². The molecule has 1 aromatic carbocycles. The number of carbonyl (C=O) groups excluding carboxylic acids is 2. The topological polar surface area (TPSA) is 78.4 Å². The van der Waals surface area contributed by atoms with Crippen LogP contribution in [0.25, 0.3) is 0 Å². The minimum atomic E-state index is -5.03. The highest BCUT2D eigenvalue weighted by Gasteiger charge is 2.60. The van der Waals surface area contributed by atoms with Crippen molar-refractivity contribution in [3.05, 3.63) is 23.3 Å². The van der Waals surface area contributed by atoms with Gasteiger partial charge in [-0.25, -0.2) is 0 Å². The molecule has 0 fully saturated rings. The molecule has 8 heteroatoms. The maximum atomic E-state index is 13.3. The van der Waals surface area contributed by atoms with Crippen LogP contribution >= 0.6 is 0 Å². The van der Waals surface area contributed by atoms with E-state index in [1.807, 2.05) is 0 Å². The third kappa shape index (κ3) is 1.90. The Bertz CT molecular complexity index is 657. The zero-order valence-electron chi connectivity index (χ0n) is 10.7. The van der Waals surface area contributed by atoms with Crippen LogP contribution in [-0.2, 0) is 10.4 Å². The van der Waals surface area contributed by atoms with Crippen LogP contribution < -0.4 is 10.6 Å². The molecule has 2 heterocycles. The van der Waals surface area contributed by atoms with Crippen molar-refractivity contribution in [2.45, 2.75) is 24.6 Å². The molecular weight excluding hydrogens is 289 g/mol. The van der Waals surface area contributed by atoms with E-state index in [2.05, 4.69) is 10.6 Å². The van der Waals surface area contributed by atoms with E-state index in [-0.39, 0.29) is 35.7 Å². The lowest BCUT2D eigenvalue weighted by Gasteiger charge is -2.38. The number of anilines is 2. The van der Waals surface area contributed by atoms with Crippen LogP contribution in [0.4, 0.5) is 24.5 Å². The van der Waals surface area contributed by atoms with E-state index in [0.29, 0.717) is 0 Å². The fraction of sp³-hybridized carbons (Fsp3) is 0.385. The molecule has 2 aliphatic heterocycles. The van der Waals surface area contributed by atoms with E-state index in [1.54, 1.807) is 0 Å². The summed E-state index contributed by atoms with van der Waals surface area (Å²) in [6, 6.07) is 2.57. The number of benzene rings is 1. The minimum Gasteiger partial charge on any atom is -0.384 e. The highest BCUT2D eigenvalue weighted by atomic mass is 19.4. The zero-order valence-corrected chi connectivity index (χ0v) is 10.7. The summed E-state index contributed by atoms with van der Waals surface area (Å²) in [5.41, 5.74) is -3.88. The van der Waals surface area contributed by atoms with Gasteiger partial charge in [-0.05, 0) is 12.1 Å². The monoisotopic (exact) mass is 300 g/mol. The maximum Gasteiger partial charge on any atom is 0.422 e. The molecule has 3 N–H and O–H groups in total. The number of rotatable bonds is 0. The molecule has 0 spiro atoms. The highest BCUT2D eigenvalue weighted by Crippen LogP contribution is 2.51. The second kappa shape index (κ2) is 4.20. The molecule has 1 unspecified atom stereocenters. The van der Waals surface area contributed by atoms with Gasteiger partial charge in [-0.3, -0.25) is 9.59 Å². The predicted octanol–water partition coefficient (Wildman–Crippen LogP) is 1.78. The molecule has 5 nitrogen and oxygen atoms in total. The Morgan fingerprint density at radius 2 is 1.95 bits per heavy atom. The van der Waals surface area contributed by atoms with Crippen molar-refractivity contribution in [2.24, 2.45) is 0 Å². The van der Waals surface area contributed by atoms with Gasteiger partial charge in [0.1, 0.15) is 0 Å². The summed E-state index contributed by atoms with van der Waals surface area (Å²) < 4.78 is 39.9. The van der Waals surface area contributed by atoms with E-state index in [0.717, 1.165) is 0 Å². The molecule has 112 valence electrons. The molecule has 0 bridgehead atoms. The Morgan fingerprint density at radius 3 is 2.62 bits per heavy atom. The number of amides is 1. The Hall–Kier alpha value is -2.09. The average molecular weight is 300 g/mol. The van der Waals surface area contributed by atoms with Crippen molar-refractivity contribution in [1.29, 1.82) is 0 Å². The maximum absolute atomic E-state index is 13.3. The summed E-state index contributed by atoms with van der Waals surface area (Å²) in [5, 5.41) is 15.2. The standard InChI is InChI=1S/C13H11F3N2O3/c14-13(15,16)12(21)5-9(20)18-7-2-1-6-8(19)3-4-17-11(6)10(7)12/h1-2,17,21H,3-5H2,(H,18,20). The van der Waals surface area contributed by atoms with E-state index < -0.39 is 29.7 Å². The van der Waals surface area contributed by atoms with Crippen molar-refractivity contribution in [3.8, 4) is 0 Å². The smallest absolute Gasteiger partial charge is 0.384 e. The lowest BCUT2D eigenvalue weighted by molar-refractivity contribution is -0.267. The summed E-state index contributed by atoms with van der Waals surface area (Å²) >= 11 is 0. The van der Waals surface area contributed by atoms with E-state index in [1.165, 1.54) is 12.1 Å². The number of aliphatic hydroxyl groups is 1. The number of fused-ring (bicyclic) bond motifs is 3. The Balaban J connectivity index is 2.30. The Labute approximate surface area is 117 Å². The predicted molar refractivity (Wildman–Crippen MR) is 67.1 cm³/mol. The first-order valence-electron chi connectivity index (χ1n) is 6.27. The third-order valence-electron chi connectivity index (χ3n) is 3.73. The van der Waals surface area contributed by atoms with Gasteiger partial charge in [0.05, 0.1) is 12.1 Å². The SMILES string of the molecule is O=C1CC(O)(C(F)(F)F)c2c(ccc3c2NCCC3=O)N1. The first-order chi connectivity index (χ1) is 9.74. The minimum absolute atomic E-state index is 0.0522. The summed E-state index contributed by atoms with van der Waals surface area (Å²) in [7, 11) is 0. The third-order valence-corrected chi connectivity index (χ3v) is 3.73. The van der Waals surface area contributed by atoms with Crippen LogP contribution in [0, 0.1) is 0 Å². The molecule has 2 aliphatic rings. The van der Waals surface area contributed by atoms with Crippen molar-refractivity contribution in [1.82, 2.24) is 0 Å². The van der Waals surface area contributed by atoms with E-state index in [4.69, 9.17) is 0 Å². The highest BCUT2D eigenvalue weighted by molar-refractivity contribution is 6.07. The molecule has 21 heavy (non-hydrogen) atoms. The Kier molecular flexibility index (Phi) is 2.78. The van der Waals surface area contributed by atoms with Gasteiger partial charge in [-0.2, -0.15) is 13.2 Å². The first-order valence-corrected chi connectivity index (χ1v) is 6.27. The number of ketones is 1. The van der Waals surface area contributed by atoms with Crippen molar-refractivity contribution < 1.29 is 27.9 Å². The van der Waals surface area contributed by atoms with Crippen LogP contribution in [0.2, 0.25) is 0 Å². The molecule has 0 radical (unpaired) electrons. The van der Waals surface area contributed by atoms with Crippen LogP contribution in [-0.4, -0.2) is 29.5 Å². The Morgan fingerprint density at radius 1 is 1.24 bits per heavy atom. The van der Waals surface area contributed by atoms with Crippen LogP contribution in [0.3, 0.4) is 0 Å². The van der Waals surface area contributed by atoms with Gasteiger partial charge in [-0.1, -0.05) is 0 Å². The lowest BCUT2D eigenvalue weighted by atomic mass is 9.81. The number of nitrogens with one attached hydrogen (secondary N) is 2. The van der Waals surface area contributed by atoms with Gasteiger partial charge in [0, 0.05) is 29.8 Å². The fourth-order valence-corrected chi connectivity index (χ4v) is 2.75. The van der Waals surface area contributed by atoms with E-state index in [9.17, 15) is 27.9 Å². The number of Topliss-reactive ketones (excluding diaryl/α,β-unsaturated/α-hetero) is 1. The van der Waals surface area contributed by atoms with Gasteiger partial charge < -0.3 is 15.7 Å². The summed E-state index contributed by atoms with van der Waals surface area (Å²) in [4.78, 5) is 23.3. The molecule has 1 aromatic rings. The van der Waals surface area contributed by atoms with Gasteiger partial charge in [0.25, 0.3) is 0 Å². The average Bonchev–Trinajstić information content (AvgIpc) is 2.36. The van der Waals surface area contributed by atoms with Gasteiger partial charge in [0.2, 0.25) is 5.91 Å². The van der Waals surface area contributed by atoms with Gasteiger partial charge >= 0.3 is 6.18 Å².